The highest BCUT2D eigenvalue weighted by Gasteiger charge is 2.08. The Morgan fingerprint density at radius 3 is 3.00 bits per heavy atom. The van der Waals surface area contributed by atoms with E-state index in [1.54, 1.807) is 0 Å². The smallest absolute Gasteiger partial charge is 0.228 e. The minimum atomic E-state index is 0.505. The molecule has 0 saturated heterocycles. The molecule has 86 valence electrons. The zero-order valence-electron chi connectivity index (χ0n) is 9.08. The average Bonchev–Trinajstić information content (AvgIpc) is 2.93. The van der Waals surface area contributed by atoms with E-state index in [2.05, 4.69) is 15.1 Å². The van der Waals surface area contributed by atoms with E-state index < -0.39 is 0 Å². The van der Waals surface area contributed by atoms with Crippen LogP contribution < -0.4 is 5.73 Å². The number of aryl methyl sites for hydroxylation is 2. The normalized spacial score (nSPS) is 11.1. The SMILES string of the molecule is Nc1nc2ccccc2n1CCc1ncno1. The topological polar surface area (TPSA) is 82.8 Å². The predicted molar refractivity (Wildman–Crippen MR) is 62.1 cm³/mol. The summed E-state index contributed by atoms with van der Waals surface area (Å²) in [5, 5.41) is 3.56. The van der Waals surface area contributed by atoms with Gasteiger partial charge >= 0.3 is 0 Å². The van der Waals surface area contributed by atoms with Gasteiger partial charge in [-0.2, -0.15) is 4.98 Å². The average molecular weight is 229 g/mol. The van der Waals surface area contributed by atoms with Crippen molar-refractivity contribution in [2.75, 3.05) is 5.73 Å². The first kappa shape index (κ1) is 9.83. The standard InChI is InChI=1S/C11H11N5O/c12-11-15-8-3-1-2-4-9(8)16(11)6-5-10-13-7-14-17-10/h1-4,7H,5-6H2,(H2,12,15). The molecular formula is C11H11N5O. The first-order valence-corrected chi connectivity index (χ1v) is 5.31. The molecular weight excluding hydrogens is 218 g/mol. The molecule has 17 heavy (non-hydrogen) atoms. The lowest BCUT2D eigenvalue weighted by Crippen LogP contribution is -2.05. The number of nitrogens with two attached hydrogens (primary N) is 1. The Kier molecular flexibility index (Phi) is 2.25. The van der Waals surface area contributed by atoms with E-state index in [1.807, 2.05) is 28.8 Å². The van der Waals surface area contributed by atoms with E-state index in [1.165, 1.54) is 6.33 Å². The maximum atomic E-state index is 5.88. The Morgan fingerprint density at radius 2 is 2.18 bits per heavy atom. The molecule has 0 amide bonds. The van der Waals surface area contributed by atoms with Crippen LogP contribution in [0.1, 0.15) is 5.89 Å². The van der Waals surface area contributed by atoms with Crippen molar-refractivity contribution in [2.45, 2.75) is 13.0 Å². The monoisotopic (exact) mass is 229 g/mol. The minimum absolute atomic E-state index is 0.505. The lowest BCUT2D eigenvalue weighted by Gasteiger charge is -2.03. The molecule has 0 fully saturated rings. The fourth-order valence-electron chi connectivity index (χ4n) is 1.84. The van der Waals surface area contributed by atoms with Crippen LogP contribution in [-0.2, 0) is 13.0 Å². The molecule has 0 aliphatic rings. The van der Waals surface area contributed by atoms with Crippen molar-refractivity contribution in [3.63, 3.8) is 0 Å². The van der Waals surface area contributed by atoms with Crippen LogP contribution in [0.25, 0.3) is 11.0 Å². The molecule has 2 heterocycles. The highest BCUT2D eigenvalue weighted by Crippen LogP contribution is 2.17. The van der Waals surface area contributed by atoms with Crippen LogP contribution in [0.3, 0.4) is 0 Å². The molecule has 1 aromatic carbocycles. The number of benzene rings is 1. The van der Waals surface area contributed by atoms with Gasteiger partial charge in [0.25, 0.3) is 0 Å². The molecule has 0 spiro atoms. The zero-order chi connectivity index (χ0) is 11.7. The molecule has 2 N–H and O–H groups in total. The molecule has 6 nitrogen and oxygen atoms in total. The largest absolute Gasteiger partial charge is 0.369 e. The molecule has 0 unspecified atom stereocenters. The van der Waals surface area contributed by atoms with Crippen LogP contribution in [0.5, 0.6) is 0 Å². The van der Waals surface area contributed by atoms with Gasteiger partial charge in [-0.15, -0.1) is 0 Å². The van der Waals surface area contributed by atoms with Gasteiger partial charge in [-0.05, 0) is 12.1 Å². The highest BCUT2D eigenvalue weighted by atomic mass is 16.5. The zero-order valence-corrected chi connectivity index (χ0v) is 9.08. The van der Waals surface area contributed by atoms with Gasteiger partial charge in [0, 0.05) is 13.0 Å². The molecule has 0 saturated carbocycles. The van der Waals surface area contributed by atoms with Gasteiger partial charge in [0.1, 0.15) is 0 Å². The quantitative estimate of drug-likeness (QED) is 0.730. The summed E-state index contributed by atoms with van der Waals surface area (Å²) in [5.41, 5.74) is 7.79. The van der Waals surface area contributed by atoms with E-state index in [9.17, 15) is 0 Å². The Hall–Kier alpha value is -2.37. The van der Waals surface area contributed by atoms with E-state index in [4.69, 9.17) is 10.3 Å². The van der Waals surface area contributed by atoms with Crippen molar-refractivity contribution in [1.82, 2.24) is 19.7 Å². The summed E-state index contributed by atoms with van der Waals surface area (Å²) >= 11 is 0. The fourth-order valence-corrected chi connectivity index (χ4v) is 1.84. The number of rotatable bonds is 3. The Morgan fingerprint density at radius 1 is 1.29 bits per heavy atom. The molecule has 2 aromatic heterocycles. The van der Waals surface area contributed by atoms with Crippen molar-refractivity contribution >= 4 is 17.0 Å². The van der Waals surface area contributed by atoms with Gasteiger partial charge in [-0.3, -0.25) is 0 Å². The Balaban J connectivity index is 1.92. The van der Waals surface area contributed by atoms with Crippen molar-refractivity contribution in [3.8, 4) is 0 Å². The number of hydrogen-bond acceptors (Lipinski definition) is 5. The second-order valence-corrected chi connectivity index (χ2v) is 3.70. The maximum absolute atomic E-state index is 5.88. The molecule has 6 heteroatoms. The molecule has 0 radical (unpaired) electrons. The number of nitrogens with zero attached hydrogens (tertiary/aromatic N) is 4. The van der Waals surface area contributed by atoms with Crippen molar-refractivity contribution in [1.29, 1.82) is 0 Å². The third kappa shape index (κ3) is 1.73. The van der Waals surface area contributed by atoms with Crippen LogP contribution in [-0.4, -0.2) is 19.7 Å². The van der Waals surface area contributed by atoms with E-state index in [0.29, 0.717) is 24.8 Å². The van der Waals surface area contributed by atoms with Crippen molar-refractivity contribution in [2.24, 2.45) is 0 Å². The van der Waals surface area contributed by atoms with Gasteiger partial charge in [-0.1, -0.05) is 17.3 Å². The number of hydrogen-bond donors (Lipinski definition) is 1. The lowest BCUT2D eigenvalue weighted by molar-refractivity contribution is 0.372. The van der Waals surface area contributed by atoms with E-state index >= 15 is 0 Å². The van der Waals surface area contributed by atoms with Gasteiger partial charge in [-0.25, -0.2) is 4.98 Å². The van der Waals surface area contributed by atoms with Crippen LogP contribution in [0, 0.1) is 0 Å². The first-order chi connectivity index (χ1) is 8.34. The second kappa shape index (κ2) is 3.89. The van der Waals surface area contributed by atoms with Gasteiger partial charge < -0.3 is 14.8 Å². The molecule has 3 aromatic rings. The summed E-state index contributed by atoms with van der Waals surface area (Å²) < 4.78 is 6.89. The molecule has 0 bridgehead atoms. The first-order valence-electron chi connectivity index (χ1n) is 5.31. The highest BCUT2D eigenvalue weighted by molar-refractivity contribution is 5.78. The summed E-state index contributed by atoms with van der Waals surface area (Å²) in [6.45, 7) is 0.675. The number of aromatic nitrogens is 4. The third-order valence-corrected chi connectivity index (χ3v) is 2.64. The summed E-state index contributed by atoms with van der Waals surface area (Å²) in [5.74, 6) is 1.10. The summed E-state index contributed by atoms with van der Waals surface area (Å²) in [4.78, 5) is 8.26. The summed E-state index contributed by atoms with van der Waals surface area (Å²) in [7, 11) is 0. The summed E-state index contributed by atoms with van der Waals surface area (Å²) in [6.07, 6.45) is 2.04. The molecule has 3 rings (SSSR count). The maximum Gasteiger partial charge on any atom is 0.228 e. The number of nitrogen functional groups attached to an aromatic ring is 1. The van der Waals surface area contributed by atoms with Gasteiger partial charge in [0.2, 0.25) is 11.8 Å². The van der Waals surface area contributed by atoms with Gasteiger partial charge in [0.05, 0.1) is 11.0 Å². The fraction of sp³-hybridized carbons (Fsp3) is 0.182. The van der Waals surface area contributed by atoms with E-state index in [0.717, 1.165) is 11.0 Å². The van der Waals surface area contributed by atoms with Crippen molar-refractivity contribution in [3.05, 3.63) is 36.5 Å². The molecule has 0 atom stereocenters. The Labute approximate surface area is 97.1 Å². The van der Waals surface area contributed by atoms with Crippen LogP contribution in [0.2, 0.25) is 0 Å². The number of imidazole rings is 1. The van der Waals surface area contributed by atoms with E-state index in [-0.39, 0.29) is 0 Å². The number of fused-ring (bicyclic) bond motifs is 1. The second-order valence-electron chi connectivity index (χ2n) is 3.70. The molecule has 0 aliphatic heterocycles. The minimum Gasteiger partial charge on any atom is -0.369 e. The molecule has 0 aliphatic carbocycles. The Bertz CT molecular complexity index is 628. The summed E-state index contributed by atoms with van der Waals surface area (Å²) in [6, 6.07) is 7.84. The third-order valence-electron chi connectivity index (χ3n) is 2.64. The number of para-hydroxylation sites is 2. The van der Waals surface area contributed by atoms with Gasteiger partial charge in [0.15, 0.2) is 6.33 Å². The van der Waals surface area contributed by atoms with Crippen LogP contribution >= 0.6 is 0 Å². The number of anilines is 1. The van der Waals surface area contributed by atoms with Crippen LogP contribution in [0.4, 0.5) is 5.95 Å². The van der Waals surface area contributed by atoms with Crippen molar-refractivity contribution < 1.29 is 4.52 Å². The lowest BCUT2D eigenvalue weighted by atomic mass is 10.3. The predicted octanol–water partition coefficient (Wildman–Crippen LogP) is 1.24. The van der Waals surface area contributed by atoms with Crippen LogP contribution in [0.15, 0.2) is 35.1 Å².